The zero-order valence-electron chi connectivity index (χ0n) is 21.3. The molecule has 1 aromatic carbocycles. The minimum atomic E-state index is -3.52. The second-order valence-electron chi connectivity index (χ2n) is 9.87. The predicted octanol–water partition coefficient (Wildman–Crippen LogP) is 3.61. The molecule has 1 fully saturated rings. The lowest BCUT2D eigenvalue weighted by Crippen LogP contribution is -2.65. The van der Waals surface area contributed by atoms with Gasteiger partial charge in [0.05, 0.1) is 23.6 Å². The Morgan fingerprint density at radius 2 is 1.97 bits per heavy atom. The van der Waals surface area contributed by atoms with Crippen molar-refractivity contribution in [1.29, 1.82) is 0 Å². The van der Waals surface area contributed by atoms with Crippen molar-refractivity contribution in [3.05, 3.63) is 58.7 Å². The van der Waals surface area contributed by atoms with Gasteiger partial charge in [-0.3, -0.25) is 14.9 Å². The van der Waals surface area contributed by atoms with E-state index in [9.17, 15) is 18.0 Å². The van der Waals surface area contributed by atoms with Crippen LogP contribution in [0.3, 0.4) is 0 Å². The quantitative estimate of drug-likeness (QED) is 0.424. The molecule has 8 heteroatoms. The molecule has 7 nitrogen and oxygen atoms in total. The van der Waals surface area contributed by atoms with Crippen LogP contribution in [0.25, 0.3) is 0 Å². The van der Waals surface area contributed by atoms with Crippen molar-refractivity contribution < 1.29 is 22.3 Å². The number of aryl methyl sites for hydroxylation is 2. The van der Waals surface area contributed by atoms with Gasteiger partial charge >= 0.3 is 0 Å². The molecular weight excluding hydrogens is 462 g/mol. The number of rotatable bonds is 11. The highest BCUT2D eigenvalue weighted by Crippen LogP contribution is 2.19. The van der Waals surface area contributed by atoms with Crippen LogP contribution in [0.2, 0.25) is 0 Å². The van der Waals surface area contributed by atoms with Gasteiger partial charge in [0.25, 0.3) is 5.91 Å². The lowest BCUT2D eigenvalue weighted by molar-refractivity contribution is -0.125. The lowest BCUT2D eigenvalue weighted by Gasteiger charge is -2.36. The van der Waals surface area contributed by atoms with Crippen molar-refractivity contribution in [2.24, 2.45) is 5.92 Å². The first-order valence-electron chi connectivity index (χ1n) is 12.6. The van der Waals surface area contributed by atoms with Gasteiger partial charge in [-0.1, -0.05) is 69.0 Å². The van der Waals surface area contributed by atoms with Gasteiger partial charge in [0.15, 0.2) is 9.84 Å². The summed E-state index contributed by atoms with van der Waals surface area (Å²) in [6.45, 7) is 8.76. The van der Waals surface area contributed by atoms with Crippen LogP contribution in [-0.4, -0.2) is 50.7 Å². The van der Waals surface area contributed by atoms with Crippen molar-refractivity contribution in [3.8, 4) is 0 Å². The highest BCUT2D eigenvalue weighted by atomic mass is 32.2. The Morgan fingerprint density at radius 1 is 1.20 bits per heavy atom. The third-order valence-corrected chi connectivity index (χ3v) is 8.50. The summed E-state index contributed by atoms with van der Waals surface area (Å²) in [5, 5.41) is 9.07. The lowest BCUT2D eigenvalue weighted by atomic mass is 9.93. The van der Waals surface area contributed by atoms with Crippen LogP contribution < -0.4 is 16.0 Å². The number of benzene rings is 1. The number of carbonyl (C=O) groups excluding carboxylic acids is 2. The molecule has 1 saturated heterocycles. The molecule has 35 heavy (non-hydrogen) atoms. The molecule has 1 heterocycles. The zero-order valence-corrected chi connectivity index (χ0v) is 22.1. The molecular formula is C27H45N3O4S. The summed E-state index contributed by atoms with van der Waals surface area (Å²) < 4.78 is 25.8. The van der Waals surface area contributed by atoms with E-state index in [0.29, 0.717) is 18.0 Å². The maximum atomic E-state index is 12.9. The molecule has 3 N–H and O–H groups in total. The van der Waals surface area contributed by atoms with Crippen molar-refractivity contribution in [2.45, 2.75) is 77.3 Å². The Morgan fingerprint density at radius 3 is 2.69 bits per heavy atom. The summed E-state index contributed by atoms with van der Waals surface area (Å²) in [6, 6.07) is 4.24. The van der Waals surface area contributed by atoms with E-state index in [0.717, 1.165) is 42.4 Å². The third-order valence-electron chi connectivity index (χ3n) is 6.91. The highest BCUT2D eigenvalue weighted by Gasteiger charge is 2.37. The van der Waals surface area contributed by atoms with Crippen LogP contribution >= 0.6 is 0 Å². The molecule has 0 radical (unpaired) electrons. The topological polar surface area (TPSA) is 104 Å². The fraction of sp³-hybridized carbons (Fsp3) is 0.556. The minimum Gasteiger partial charge on any atom is -0.352 e. The summed E-state index contributed by atoms with van der Waals surface area (Å²) in [5.74, 6) is -0.440. The molecule has 0 saturated carbocycles. The Bertz CT molecular complexity index is 1110. The first-order valence-corrected chi connectivity index (χ1v) is 14.4. The van der Waals surface area contributed by atoms with E-state index < -0.39 is 21.9 Å². The van der Waals surface area contributed by atoms with Crippen LogP contribution in [0, 0.1) is 19.8 Å². The fourth-order valence-electron chi connectivity index (χ4n) is 4.61. The summed E-state index contributed by atoms with van der Waals surface area (Å²) in [5.41, 5.74) is 3.19. The first kappa shape index (κ1) is 27.1. The van der Waals surface area contributed by atoms with Gasteiger partial charge in [0.2, 0.25) is 5.91 Å². The largest absolute Gasteiger partial charge is 0.352 e. The van der Waals surface area contributed by atoms with Crippen molar-refractivity contribution in [2.75, 3.05) is 12.3 Å². The van der Waals surface area contributed by atoms with Gasteiger partial charge in [-0.2, -0.15) is 0 Å². The zero-order chi connectivity index (χ0) is 25.6. The SMILES string of the molecule is CCCC[C@H](CC)CNC(=O)C1=CC2NC(=O)[C@H](CS(=O)(=O)Cc3cc(C)ccc3C)NC2C=C1.[HH].[HH].[HH]. The summed E-state index contributed by atoms with van der Waals surface area (Å²) in [7, 11) is -3.52. The number of fused-ring (bicyclic) bond motifs is 1. The molecule has 2 aliphatic rings. The standard InChI is InChI=1S/C27H39N3O4S.3H2/c1-5-7-8-20(6-2)15-28-26(31)21-11-12-23-24(14-21)30-27(32)25(29-23)17-35(33,34)16-22-13-18(3)9-10-19(22)4;;;/h9-14,20,23-25,29H,5-8,15-17H2,1-4H3,(H,28,31)(H,30,32);3*1H/t20-,23?,24?,25-;;;/m0.../s1. The molecule has 0 spiro atoms. The molecule has 3 rings (SSSR count). The summed E-state index contributed by atoms with van der Waals surface area (Å²) >= 11 is 0. The van der Waals surface area contributed by atoms with E-state index >= 15 is 0 Å². The van der Waals surface area contributed by atoms with Crippen molar-refractivity contribution >= 4 is 21.7 Å². The molecule has 198 valence electrons. The van der Waals surface area contributed by atoms with Crippen LogP contribution in [0.5, 0.6) is 0 Å². The molecule has 0 bridgehead atoms. The maximum absolute atomic E-state index is 12.9. The predicted molar refractivity (Wildman–Crippen MR) is 146 cm³/mol. The van der Waals surface area contributed by atoms with E-state index in [1.54, 1.807) is 12.2 Å². The third kappa shape index (κ3) is 7.51. The number of piperazine rings is 1. The molecule has 1 aromatic rings. The van der Waals surface area contributed by atoms with Gasteiger partial charge in [-0.25, -0.2) is 8.42 Å². The second-order valence-corrected chi connectivity index (χ2v) is 12.0. The molecule has 4 atom stereocenters. The molecule has 2 amide bonds. The fourth-order valence-corrected chi connectivity index (χ4v) is 6.26. The number of carbonyl (C=O) groups is 2. The molecule has 0 aromatic heterocycles. The van der Waals surface area contributed by atoms with Gasteiger partial charge in [-0.15, -0.1) is 0 Å². The monoisotopic (exact) mass is 507 g/mol. The van der Waals surface area contributed by atoms with Gasteiger partial charge in [0, 0.05) is 16.4 Å². The van der Waals surface area contributed by atoms with Crippen LogP contribution in [0.1, 0.15) is 60.5 Å². The van der Waals surface area contributed by atoms with E-state index in [1.807, 2.05) is 38.1 Å². The van der Waals surface area contributed by atoms with E-state index in [4.69, 9.17) is 0 Å². The Balaban J connectivity index is 0.00000456. The number of amides is 2. The smallest absolute Gasteiger partial charge is 0.251 e. The first-order chi connectivity index (χ1) is 16.6. The van der Waals surface area contributed by atoms with Crippen LogP contribution in [-0.2, 0) is 25.2 Å². The summed E-state index contributed by atoms with van der Waals surface area (Å²) in [6.07, 6.45) is 9.74. The average Bonchev–Trinajstić information content (AvgIpc) is 2.81. The van der Waals surface area contributed by atoms with Crippen molar-refractivity contribution in [3.63, 3.8) is 0 Å². The number of nitrogens with one attached hydrogen (secondary N) is 3. The number of hydrogen-bond acceptors (Lipinski definition) is 5. The Kier molecular flexibility index (Phi) is 9.30. The van der Waals surface area contributed by atoms with E-state index in [-0.39, 0.29) is 33.6 Å². The normalized spacial score (nSPS) is 22.7. The van der Waals surface area contributed by atoms with Gasteiger partial charge in [0.1, 0.15) is 6.04 Å². The van der Waals surface area contributed by atoms with Gasteiger partial charge < -0.3 is 10.6 Å². The van der Waals surface area contributed by atoms with Gasteiger partial charge in [-0.05, 0) is 43.4 Å². The Labute approximate surface area is 214 Å². The number of hydrogen-bond donors (Lipinski definition) is 3. The van der Waals surface area contributed by atoms with Crippen LogP contribution in [0.15, 0.2) is 42.0 Å². The number of unbranched alkanes of at least 4 members (excludes halogenated alkanes) is 1. The average molecular weight is 508 g/mol. The van der Waals surface area contributed by atoms with E-state index in [2.05, 4.69) is 29.8 Å². The molecule has 1 aliphatic carbocycles. The molecule has 2 unspecified atom stereocenters. The summed E-state index contributed by atoms with van der Waals surface area (Å²) in [4.78, 5) is 25.4. The number of sulfone groups is 1. The Hall–Kier alpha value is -2.45. The van der Waals surface area contributed by atoms with Crippen molar-refractivity contribution in [1.82, 2.24) is 16.0 Å². The maximum Gasteiger partial charge on any atom is 0.251 e. The van der Waals surface area contributed by atoms with E-state index in [1.165, 1.54) is 0 Å². The highest BCUT2D eigenvalue weighted by molar-refractivity contribution is 7.90. The second kappa shape index (κ2) is 12.0. The minimum absolute atomic E-state index is 0. The molecule has 1 aliphatic heterocycles. The van der Waals surface area contributed by atoms with Crippen LogP contribution in [0.4, 0.5) is 0 Å².